The summed E-state index contributed by atoms with van der Waals surface area (Å²) < 4.78 is 51.5. The van der Waals surface area contributed by atoms with E-state index in [1.54, 1.807) is 18.2 Å². The van der Waals surface area contributed by atoms with Crippen LogP contribution in [0.25, 0.3) is 0 Å². The molecule has 1 atom stereocenters. The molecule has 3 rings (SSSR count). The molecule has 1 aliphatic rings. The van der Waals surface area contributed by atoms with Crippen molar-refractivity contribution in [2.75, 3.05) is 13.2 Å². The molecule has 2 aromatic carbocycles. The van der Waals surface area contributed by atoms with Crippen LogP contribution in [0.2, 0.25) is 5.02 Å². The van der Waals surface area contributed by atoms with Crippen molar-refractivity contribution < 1.29 is 22.3 Å². The Morgan fingerprint density at radius 3 is 2.70 bits per heavy atom. The van der Waals surface area contributed by atoms with Crippen molar-refractivity contribution in [1.29, 1.82) is 0 Å². The highest BCUT2D eigenvalue weighted by Gasteiger charge is 2.25. The average Bonchev–Trinajstić information content (AvgIpc) is 2.52. The Hall–Kier alpha value is -1.83. The number of ether oxygens (including phenoxy) is 2. The van der Waals surface area contributed by atoms with Crippen molar-refractivity contribution in [2.45, 2.75) is 11.0 Å². The molecule has 0 aliphatic carbocycles. The molecule has 1 heterocycles. The normalized spacial score (nSPS) is 17.0. The molecule has 0 saturated carbocycles. The van der Waals surface area contributed by atoms with Crippen molar-refractivity contribution >= 4 is 21.6 Å². The third-order valence-corrected chi connectivity index (χ3v) is 4.94. The molecule has 122 valence electrons. The summed E-state index contributed by atoms with van der Waals surface area (Å²) in [6.07, 6.45) is -0.505. The molecule has 1 N–H and O–H groups in total. The van der Waals surface area contributed by atoms with Crippen molar-refractivity contribution in [2.24, 2.45) is 0 Å². The van der Waals surface area contributed by atoms with Gasteiger partial charge in [0, 0.05) is 5.02 Å². The molecule has 0 radical (unpaired) electrons. The summed E-state index contributed by atoms with van der Waals surface area (Å²) >= 11 is 5.62. The second-order valence-electron chi connectivity index (χ2n) is 4.92. The lowest BCUT2D eigenvalue weighted by atomic mass is 10.2. The number of fused-ring (bicyclic) bond motifs is 1. The predicted molar refractivity (Wildman–Crippen MR) is 83.0 cm³/mol. The van der Waals surface area contributed by atoms with Crippen LogP contribution in [0.5, 0.6) is 11.5 Å². The van der Waals surface area contributed by atoms with E-state index >= 15 is 0 Å². The molecule has 23 heavy (non-hydrogen) atoms. The number of hydrogen-bond donors (Lipinski definition) is 1. The first-order chi connectivity index (χ1) is 11.0. The van der Waals surface area contributed by atoms with Crippen LogP contribution < -0.4 is 14.2 Å². The highest BCUT2D eigenvalue weighted by Crippen LogP contribution is 2.30. The van der Waals surface area contributed by atoms with E-state index in [0.717, 1.165) is 12.1 Å². The van der Waals surface area contributed by atoms with Gasteiger partial charge in [-0.05, 0) is 30.3 Å². The minimum Gasteiger partial charge on any atom is -0.486 e. The Labute approximate surface area is 138 Å². The van der Waals surface area contributed by atoms with Gasteiger partial charge in [0.25, 0.3) is 0 Å². The smallest absolute Gasteiger partial charge is 0.243 e. The summed E-state index contributed by atoms with van der Waals surface area (Å²) in [6.45, 7) is 0.154. The second kappa shape index (κ2) is 6.35. The number of sulfonamides is 1. The van der Waals surface area contributed by atoms with Crippen LogP contribution in [0.4, 0.5) is 4.39 Å². The molecule has 0 spiro atoms. The van der Waals surface area contributed by atoms with Gasteiger partial charge in [0.15, 0.2) is 11.5 Å². The van der Waals surface area contributed by atoms with Crippen molar-refractivity contribution in [1.82, 2.24) is 4.72 Å². The van der Waals surface area contributed by atoms with E-state index in [9.17, 15) is 12.8 Å². The number of hydrogen-bond acceptors (Lipinski definition) is 4. The monoisotopic (exact) mass is 357 g/mol. The summed E-state index contributed by atoms with van der Waals surface area (Å²) in [5, 5.41) is 0.127. The van der Waals surface area contributed by atoms with E-state index in [-0.39, 0.29) is 18.2 Å². The number of rotatable bonds is 4. The van der Waals surface area contributed by atoms with Gasteiger partial charge in [-0.2, -0.15) is 0 Å². The Morgan fingerprint density at radius 2 is 1.96 bits per heavy atom. The van der Waals surface area contributed by atoms with Gasteiger partial charge in [-0.1, -0.05) is 23.7 Å². The van der Waals surface area contributed by atoms with Gasteiger partial charge >= 0.3 is 0 Å². The minimum absolute atomic E-state index is 0.0429. The van der Waals surface area contributed by atoms with E-state index in [1.165, 1.54) is 6.07 Å². The predicted octanol–water partition coefficient (Wildman–Crippen LogP) is 2.60. The van der Waals surface area contributed by atoms with Crippen molar-refractivity contribution in [3.63, 3.8) is 0 Å². The summed E-state index contributed by atoms with van der Waals surface area (Å²) in [7, 11) is -4.00. The fourth-order valence-corrected chi connectivity index (χ4v) is 3.42. The lowest BCUT2D eigenvalue weighted by molar-refractivity contribution is 0.0943. The maximum Gasteiger partial charge on any atom is 0.243 e. The third-order valence-electron chi connectivity index (χ3n) is 3.25. The molecule has 1 aliphatic heterocycles. The molecule has 0 amide bonds. The van der Waals surface area contributed by atoms with Crippen LogP contribution in [0, 0.1) is 5.82 Å². The molecule has 0 aromatic heterocycles. The number of halogens is 2. The van der Waals surface area contributed by atoms with E-state index in [1.807, 2.05) is 6.07 Å². The molecule has 0 fully saturated rings. The summed E-state index contributed by atoms with van der Waals surface area (Å²) in [6, 6.07) is 10.5. The van der Waals surface area contributed by atoms with Gasteiger partial charge < -0.3 is 9.47 Å². The molecule has 5 nitrogen and oxygen atoms in total. The molecular weight excluding hydrogens is 345 g/mol. The largest absolute Gasteiger partial charge is 0.486 e. The Balaban J connectivity index is 1.68. The topological polar surface area (TPSA) is 64.6 Å². The van der Waals surface area contributed by atoms with Gasteiger partial charge in [-0.25, -0.2) is 17.5 Å². The van der Waals surface area contributed by atoms with E-state index in [0.29, 0.717) is 11.5 Å². The first-order valence-corrected chi connectivity index (χ1v) is 8.65. The lowest BCUT2D eigenvalue weighted by Gasteiger charge is -2.26. The van der Waals surface area contributed by atoms with Crippen LogP contribution >= 0.6 is 11.6 Å². The summed E-state index contributed by atoms with van der Waals surface area (Å²) in [5.41, 5.74) is 0. The second-order valence-corrected chi connectivity index (χ2v) is 7.10. The summed E-state index contributed by atoms with van der Waals surface area (Å²) in [5.74, 6) is 0.243. The van der Waals surface area contributed by atoms with Crippen molar-refractivity contribution in [3.8, 4) is 11.5 Å². The lowest BCUT2D eigenvalue weighted by Crippen LogP contribution is -2.40. The Morgan fingerprint density at radius 1 is 1.22 bits per heavy atom. The molecule has 1 unspecified atom stereocenters. The Bertz CT molecular complexity index is 828. The van der Waals surface area contributed by atoms with Gasteiger partial charge in [0.1, 0.15) is 23.4 Å². The average molecular weight is 358 g/mol. The van der Waals surface area contributed by atoms with Crippen LogP contribution in [0.1, 0.15) is 0 Å². The number of benzene rings is 2. The van der Waals surface area contributed by atoms with E-state index in [4.69, 9.17) is 21.1 Å². The molecular formula is C15H13ClFNO4S. The standard InChI is InChI=1S/C15H13ClFNO4S/c16-10-5-6-15(12(17)7-10)23(19,20)18-8-11-9-21-13-3-1-2-4-14(13)22-11/h1-7,11,18H,8-9H2. The van der Waals surface area contributed by atoms with Crippen LogP contribution in [-0.4, -0.2) is 27.7 Å². The zero-order valence-electron chi connectivity index (χ0n) is 11.8. The van der Waals surface area contributed by atoms with Crippen LogP contribution in [0.3, 0.4) is 0 Å². The van der Waals surface area contributed by atoms with Crippen LogP contribution in [0.15, 0.2) is 47.4 Å². The van der Waals surface area contributed by atoms with Gasteiger partial charge in [0.05, 0.1) is 6.54 Å². The third kappa shape index (κ3) is 3.57. The first-order valence-electron chi connectivity index (χ1n) is 6.79. The molecule has 8 heteroatoms. The maximum atomic E-state index is 13.7. The highest BCUT2D eigenvalue weighted by molar-refractivity contribution is 7.89. The molecule has 0 bridgehead atoms. The highest BCUT2D eigenvalue weighted by atomic mass is 35.5. The first kappa shape index (κ1) is 16.0. The number of para-hydroxylation sites is 2. The van der Waals surface area contributed by atoms with Crippen LogP contribution in [-0.2, 0) is 10.0 Å². The fraction of sp³-hybridized carbons (Fsp3) is 0.200. The zero-order chi connectivity index (χ0) is 16.4. The quantitative estimate of drug-likeness (QED) is 0.913. The van der Waals surface area contributed by atoms with Gasteiger partial charge in [-0.3, -0.25) is 0 Å². The van der Waals surface area contributed by atoms with Gasteiger partial charge in [0.2, 0.25) is 10.0 Å². The van der Waals surface area contributed by atoms with E-state index < -0.39 is 26.8 Å². The Kier molecular flexibility index (Phi) is 4.43. The molecule has 0 saturated heterocycles. The summed E-state index contributed by atoms with van der Waals surface area (Å²) in [4.78, 5) is -0.459. The zero-order valence-corrected chi connectivity index (χ0v) is 13.4. The van der Waals surface area contributed by atoms with E-state index in [2.05, 4.69) is 4.72 Å². The molecule has 2 aromatic rings. The van der Waals surface area contributed by atoms with Crippen molar-refractivity contribution in [3.05, 3.63) is 53.3 Å². The fourth-order valence-electron chi connectivity index (χ4n) is 2.14. The number of nitrogens with one attached hydrogen (secondary N) is 1. The minimum atomic E-state index is -4.00. The maximum absolute atomic E-state index is 13.7. The van der Waals surface area contributed by atoms with Gasteiger partial charge in [-0.15, -0.1) is 0 Å². The SMILES string of the molecule is O=S(=O)(NCC1COc2ccccc2O1)c1ccc(Cl)cc1F.